The number of rotatable bonds is 7. The zero-order valence-corrected chi connectivity index (χ0v) is 16.6. The molecule has 1 aliphatic heterocycles. The highest BCUT2D eigenvalue weighted by atomic mass is 32.2. The average Bonchev–Trinajstić information content (AvgIpc) is 2.99. The molecule has 0 bridgehead atoms. The molecule has 7 nitrogen and oxygen atoms in total. The summed E-state index contributed by atoms with van der Waals surface area (Å²) in [5.41, 5.74) is 0.875. The third-order valence-corrected chi connectivity index (χ3v) is 5.11. The summed E-state index contributed by atoms with van der Waals surface area (Å²) in [5.74, 6) is -0.818. The van der Waals surface area contributed by atoms with Gasteiger partial charge in [-0.2, -0.15) is 0 Å². The van der Waals surface area contributed by atoms with Gasteiger partial charge in [-0.3, -0.25) is 9.59 Å². The first kappa shape index (κ1) is 20.5. The van der Waals surface area contributed by atoms with E-state index in [2.05, 4.69) is 0 Å². The van der Waals surface area contributed by atoms with Gasteiger partial charge in [0.15, 0.2) is 6.10 Å². The molecule has 1 atom stereocenters. The first-order valence-electron chi connectivity index (χ1n) is 8.85. The summed E-state index contributed by atoms with van der Waals surface area (Å²) in [5, 5.41) is 8.79. The number of carboxylic acid groups (broad SMARTS) is 1. The number of anilines is 1. The Morgan fingerprint density at radius 2 is 1.79 bits per heavy atom. The molecule has 1 fully saturated rings. The Morgan fingerprint density at radius 1 is 1.14 bits per heavy atom. The molecular formula is C21H19NO6S. The predicted octanol–water partition coefficient (Wildman–Crippen LogP) is 4.18. The van der Waals surface area contributed by atoms with Crippen LogP contribution in [0.4, 0.5) is 10.5 Å². The fraction of sp³-hybridized carbons (Fsp3) is 0.190. The van der Waals surface area contributed by atoms with Crippen LogP contribution in [-0.2, 0) is 9.59 Å². The number of carbonyl (C=O) groups excluding carboxylic acids is 2. The molecule has 2 amide bonds. The minimum atomic E-state index is -1.07. The molecule has 1 unspecified atom stereocenters. The van der Waals surface area contributed by atoms with E-state index >= 15 is 0 Å². The second-order valence-electron chi connectivity index (χ2n) is 6.08. The number of carboxylic acids is 1. The Labute approximate surface area is 171 Å². The van der Waals surface area contributed by atoms with Gasteiger partial charge in [0, 0.05) is 5.56 Å². The SMILES string of the molecule is CCC(Oc1ccccc1/C=C1/SC(=O)N(c2ccccc2OC)C1=O)C(=O)O. The first-order valence-corrected chi connectivity index (χ1v) is 9.67. The summed E-state index contributed by atoms with van der Waals surface area (Å²) in [6.07, 6.45) is 0.811. The van der Waals surface area contributed by atoms with Crippen molar-refractivity contribution in [3.05, 3.63) is 59.0 Å². The summed E-state index contributed by atoms with van der Waals surface area (Å²) in [7, 11) is 1.47. The fourth-order valence-corrected chi connectivity index (χ4v) is 3.63. The van der Waals surface area contributed by atoms with Gasteiger partial charge < -0.3 is 14.6 Å². The van der Waals surface area contributed by atoms with E-state index in [0.29, 0.717) is 22.7 Å². The lowest BCUT2D eigenvalue weighted by atomic mass is 10.1. The predicted molar refractivity (Wildman–Crippen MR) is 110 cm³/mol. The van der Waals surface area contributed by atoms with Crippen LogP contribution < -0.4 is 14.4 Å². The number of imide groups is 1. The molecule has 1 saturated heterocycles. The van der Waals surface area contributed by atoms with Crippen molar-refractivity contribution in [2.24, 2.45) is 0 Å². The number of para-hydroxylation sites is 3. The monoisotopic (exact) mass is 413 g/mol. The number of hydrogen-bond acceptors (Lipinski definition) is 6. The Bertz CT molecular complexity index is 987. The third-order valence-electron chi connectivity index (χ3n) is 4.24. The summed E-state index contributed by atoms with van der Waals surface area (Å²) >= 11 is 0.801. The Morgan fingerprint density at radius 3 is 2.45 bits per heavy atom. The highest BCUT2D eigenvalue weighted by Gasteiger charge is 2.37. The Kier molecular flexibility index (Phi) is 6.23. The van der Waals surface area contributed by atoms with Gasteiger partial charge in [0.1, 0.15) is 11.5 Å². The van der Waals surface area contributed by atoms with E-state index in [1.165, 1.54) is 13.2 Å². The number of ether oxygens (including phenoxy) is 2. The molecule has 0 aromatic heterocycles. The molecule has 1 N–H and O–H groups in total. The van der Waals surface area contributed by atoms with E-state index in [-0.39, 0.29) is 11.3 Å². The van der Waals surface area contributed by atoms with Gasteiger partial charge in [0.05, 0.1) is 17.7 Å². The third kappa shape index (κ3) is 4.27. The molecule has 150 valence electrons. The standard InChI is InChI=1S/C21H19NO6S/c1-3-15(20(24)25)28-16-10-6-4-8-13(16)12-18-19(23)22(21(26)29-18)14-9-5-7-11-17(14)27-2/h4-12,15H,3H2,1-2H3,(H,24,25)/b18-12+. The van der Waals surface area contributed by atoms with Crippen LogP contribution in [0.3, 0.4) is 0 Å². The van der Waals surface area contributed by atoms with Crippen LogP contribution >= 0.6 is 11.8 Å². The first-order chi connectivity index (χ1) is 14.0. The average molecular weight is 413 g/mol. The van der Waals surface area contributed by atoms with Crippen LogP contribution in [0.5, 0.6) is 11.5 Å². The van der Waals surface area contributed by atoms with E-state index in [1.807, 2.05) is 0 Å². The van der Waals surface area contributed by atoms with Gasteiger partial charge in [-0.1, -0.05) is 37.3 Å². The molecule has 0 radical (unpaired) electrons. The molecule has 2 aromatic carbocycles. The fourth-order valence-electron chi connectivity index (χ4n) is 2.80. The molecule has 1 heterocycles. The number of hydrogen-bond donors (Lipinski definition) is 1. The van der Waals surface area contributed by atoms with Gasteiger partial charge in [-0.25, -0.2) is 9.69 Å². The highest BCUT2D eigenvalue weighted by Crippen LogP contribution is 2.40. The van der Waals surface area contributed by atoms with E-state index < -0.39 is 23.2 Å². The quantitative estimate of drug-likeness (QED) is 0.681. The number of nitrogens with zero attached hydrogens (tertiary/aromatic N) is 1. The van der Waals surface area contributed by atoms with Gasteiger partial charge >= 0.3 is 5.97 Å². The maximum Gasteiger partial charge on any atom is 0.344 e. The molecule has 8 heteroatoms. The van der Waals surface area contributed by atoms with E-state index in [9.17, 15) is 19.5 Å². The lowest BCUT2D eigenvalue weighted by Crippen LogP contribution is -2.28. The minimum absolute atomic E-state index is 0.209. The van der Waals surface area contributed by atoms with E-state index in [1.54, 1.807) is 55.5 Å². The number of carbonyl (C=O) groups is 3. The lowest BCUT2D eigenvalue weighted by Gasteiger charge is -2.16. The Balaban J connectivity index is 1.94. The molecule has 2 aromatic rings. The summed E-state index contributed by atoms with van der Waals surface area (Å²) < 4.78 is 10.8. The molecule has 29 heavy (non-hydrogen) atoms. The zero-order chi connectivity index (χ0) is 21.0. The highest BCUT2D eigenvalue weighted by molar-refractivity contribution is 8.19. The molecule has 3 rings (SSSR count). The van der Waals surface area contributed by atoms with E-state index in [4.69, 9.17) is 9.47 Å². The zero-order valence-electron chi connectivity index (χ0n) is 15.8. The van der Waals surface area contributed by atoms with Crippen LogP contribution in [-0.4, -0.2) is 35.4 Å². The maximum absolute atomic E-state index is 12.9. The second kappa shape index (κ2) is 8.83. The number of thioether (sulfide) groups is 1. The topological polar surface area (TPSA) is 93.1 Å². The molecule has 0 saturated carbocycles. The number of methoxy groups -OCH3 is 1. The molecular weight excluding hydrogens is 394 g/mol. The van der Waals surface area contributed by atoms with Crippen LogP contribution in [0.1, 0.15) is 18.9 Å². The normalized spacial score (nSPS) is 16.2. The number of benzene rings is 2. The van der Waals surface area contributed by atoms with Gasteiger partial charge in [0.25, 0.3) is 11.1 Å². The second-order valence-corrected chi connectivity index (χ2v) is 7.07. The number of amides is 2. The van der Waals surface area contributed by atoms with Crippen molar-refractivity contribution in [1.82, 2.24) is 0 Å². The van der Waals surface area contributed by atoms with Crippen LogP contribution in [0.15, 0.2) is 53.4 Å². The van der Waals surface area contributed by atoms with Gasteiger partial charge in [-0.05, 0) is 42.5 Å². The molecule has 0 aliphatic carbocycles. The van der Waals surface area contributed by atoms with E-state index in [0.717, 1.165) is 16.7 Å². The van der Waals surface area contributed by atoms with Gasteiger partial charge in [-0.15, -0.1) is 0 Å². The van der Waals surface area contributed by atoms with Crippen molar-refractivity contribution in [3.63, 3.8) is 0 Å². The molecule has 0 spiro atoms. The van der Waals surface area contributed by atoms with Crippen molar-refractivity contribution in [2.45, 2.75) is 19.4 Å². The van der Waals surface area contributed by atoms with Gasteiger partial charge in [0.2, 0.25) is 0 Å². The van der Waals surface area contributed by atoms with Crippen LogP contribution in [0, 0.1) is 0 Å². The van der Waals surface area contributed by atoms with Crippen molar-refractivity contribution in [2.75, 3.05) is 12.0 Å². The van der Waals surface area contributed by atoms with Crippen molar-refractivity contribution in [1.29, 1.82) is 0 Å². The summed E-state index contributed by atoms with van der Waals surface area (Å²) in [6.45, 7) is 1.71. The van der Waals surface area contributed by atoms with Crippen LogP contribution in [0.2, 0.25) is 0 Å². The summed E-state index contributed by atoms with van der Waals surface area (Å²) in [6, 6.07) is 13.5. The largest absolute Gasteiger partial charge is 0.495 e. The molecule has 1 aliphatic rings. The number of aliphatic carboxylic acids is 1. The van der Waals surface area contributed by atoms with Crippen LogP contribution in [0.25, 0.3) is 6.08 Å². The smallest absolute Gasteiger partial charge is 0.344 e. The maximum atomic E-state index is 12.9. The van der Waals surface area contributed by atoms with Crippen molar-refractivity contribution < 1.29 is 29.0 Å². The van der Waals surface area contributed by atoms with Crippen molar-refractivity contribution >= 4 is 40.6 Å². The summed E-state index contributed by atoms with van der Waals surface area (Å²) in [4.78, 5) is 38.0. The van der Waals surface area contributed by atoms with Crippen molar-refractivity contribution in [3.8, 4) is 11.5 Å². The minimum Gasteiger partial charge on any atom is -0.495 e. The Hall–Kier alpha value is -3.26. The lowest BCUT2D eigenvalue weighted by molar-refractivity contribution is -0.145.